The van der Waals surface area contributed by atoms with Crippen molar-refractivity contribution in [3.63, 3.8) is 0 Å². The third-order valence-corrected chi connectivity index (χ3v) is 3.97. The van der Waals surface area contributed by atoms with Crippen molar-refractivity contribution < 1.29 is 45.3 Å². The van der Waals surface area contributed by atoms with E-state index in [0.29, 0.717) is 0 Å². The van der Waals surface area contributed by atoms with Crippen molar-refractivity contribution in [2.75, 3.05) is 52.9 Å². The minimum Gasteiger partial charge on any atom is -0.481 e. The Bertz CT molecular complexity index is 291. The monoisotopic (exact) mass is 370 g/mol. The lowest BCUT2D eigenvalue weighted by Crippen LogP contribution is -2.43. The Kier molecular flexibility index (Phi) is 15.2. The number of ether oxygens (including phenoxy) is 1. The molecule has 0 fully saturated rings. The van der Waals surface area contributed by atoms with Crippen LogP contribution in [0.4, 0.5) is 0 Å². The van der Waals surface area contributed by atoms with Gasteiger partial charge in [-0.15, -0.1) is 0 Å². The van der Waals surface area contributed by atoms with Gasteiger partial charge in [-0.3, -0.25) is 4.79 Å². The van der Waals surface area contributed by atoms with Gasteiger partial charge in [0, 0.05) is 0 Å². The number of carboxylic acids is 1. The molecule has 25 heavy (non-hydrogen) atoms. The van der Waals surface area contributed by atoms with Gasteiger partial charge in [0.1, 0.15) is 0 Å². The first kappa shape index (κ1) is 26.4. The van der Waals surface area contributed by atoms with Crippen LogP contribution in [0.5, 0.6) is 0 Å². The molecule has 0 aliphatic rings. The molecule has 0 amide bonds. The SMILES string of the molecule is CCCC(C)C(=O)O.OCC(CO)(CO)COCC(CO)(CO)CO. The van der Waals surface area contributed by atoms with Crippen molar-refractivity contribution in [3.05, 3.63) is 0 Å². The Morgan fingerprint density at radius 1 is 0.840 bits per heavy atom. The number of rotatable bonds is 13. The summed E-state index contributed by atoms with van der Waals surface area (Å²) in [5, 5.41) is 62.5. The van der Waals surface area contributed by atoms with Crippen LogP contribution in [-0.4, -0.2) is 94.6 Å². The fraction of sp³-hybridized carbons (Fsp3) is 0.938. The number of hydrogen-bond acceptors (Lipinski definition) is 8. The van der Waals surface area contributed by atoms with Gasteiger partial charge in [-0.25, -0.2) is 0 Å². The highest BCUT2D eigenvalue weighted by molar-refractivity contribution is 5.69. The quantitative estimate of drug-likeness (QED) is 0.203. The maximum absolute atomic E-state index is 10.1. The van der Waals surface area contributed by atoms with Crippen LogP contribution in [-0.2, 0) is 9.53 Å². The predicted octanol–water partition coefficient (Wildman–Crippen LogP) is -1.56. The average Bonchev–Trinajstić information content (AvgIpc) is 2.64. The summed E-state index contributed by atoms with van der Waals surface area (Å²) >= 11 is 0. The highest BCUT2D eigenvalue weighted by Crippen LogP contribution is 2.19. The van der Waals surface area contributed by atoms with E-state index in [1.807, 2.05) is 6.92 Å². The maximum atomic E-state index is 10.1. The molecule has 0 heterocycles. The molecule has 1 atom stereocenters. The van der Waals surface area contributed by atoms with Crippen molar-refractivity contribution >= 4 is 5.97 Å². The zero-order valence-electron chi connectivity index (χ0n) is 15.1. The van der Waals surface area contributed by atoms with E-state index in [9.17, 15) is 4.79 Å². The summed E-state index contributed by atoms with van der Waals surface area (Å²) in [5.41, 5.74) is -2.32. The van der Waals surface area contributed by atoms with E-state index in [-0.39, 0.29) is 19.1 Å². The van der Waals surface area contributed by atoms with Crippen LogP contribution in [0.15, 0.2) is 0 Å². The van der Waals surface area contributed by atoms with E-state index in [1.165, 1.54) is 0 Å². The number of aliphatic hydroxyl groups excluding tert-OH is 6. The van der Waals surface area contributed by atoms with Crippen LogP contribution in [0.25, 0.3) is 0 Å². The second kappa shape index (κ2) is 14.4. The van der Waals surface area contributed by atoms with Gasteiger partial charge in [0.05, 0.1) is 69.6 Å². The minimum atomic E-state index is -1.16. The molecule has 0 bridgehead atoms. The molecule has 0 saturated heterocycles. The summed E-state index contributed by atoms with van der Waals surface area (Å²) in [6, 6.07) is 0. The minimum absolute atomic E-state index is 0.141. The normalized spacial score (nSPS) is 13.1. The first-order valence-corrected chi connectivity index (χ1v) is 8.21. The first-order valence-electron chi connectivity index (χ1n) is 8.21. The molecule has 0 aliphatic heterocycles. The average molecular weight is 370 g/mol. The Morgan fingerprint density at radius 2 is 1.16 bits per heavy atom. The Morgan fingerprint density at radius 3 is 1.32 bits per heavy atom. The van der Waals surface area contributed by atoms with Gasteiger partial charge in [0.25, 0.3) is 0 Å². The molecule has 9 heteroatoms. The highest BCUT2D eigenvalue weighted by atomic mass is 16.5. The predicted molar refractivity (Wildman–Crippen MR) is 89.9 cm³/mol. The lowest BCUT2D eigenvalue weighted by atomic mass is 9.91. The Hall–Kier alpha value is -0.810. The van der Waals surface area contributed by atoms with Gasteiger partial charge >= 0.3 is 5.97 Å². The van der Waals surface area contributed by atoms with Gasteiger partial charge in [0.15, 0.2) is 0 Å². The molecular weight excluding hydrogens is 336 g/mol. The van der Waals surface area contributed by atoms with E-state index in [0.717, 1.165) is 12.8 Å². The molecule has 0 radical (unpaired) electrons. The molecule has 0 aromatic rings. The third-order valence-electron chi connectivity index (χ3n) is 3.97. The van der Waals surface area contributed by atoms with Crippen LogP contribution in [0.2, 0.25) is 0 Å². The Balaban J connectivity index is 0. The second-order valence-electron chi connectivity index (χ2n) is 6.47. The van der Waals surface area contributed by atoms with E-state index in [1.54, 1.807) is 6.92 Å². The number of carbonyl (C=O) groups is 1. The van der Waals surface area contributed by atoms with Crippen molar-refractivity contribution in [1.82, 2.24) is 0 Å². The number of aliphatic carboxylic acids is 1. The third kappa shape index (κ3) is 10.0. The molecule has 0 saturated carbocycles. The van der Waals surface area contributed by atoms with E-state index >= 15 is 0 Å². The van der Waals surface area contributed by atoms with Crippen LogP contribution >= 0.6 is 0 Å². The fourth-order valence-corrected chi connectivity index (χ4v) is 1.61. The molecule has 0 aliphatic carbocycles. The summed E-state index contributed by atoms with van der Waals surface area (Å²) in [5.74, 6) is -0.855. The van der Waals surface area contributed by atoms with Crippen molar-refractivity contribution in [3.8, 4) is 0 Å². The van der Waals surface area contributed by atoms with Gasteiger partial charge in [-0.2, -0.15) is 0 Å². The number of hydrogen-bond donors (Lipinski definition) is 7. The van der Waals surface area contributed by atoms with E-state index in [4.69, 9.17) is 40.5 Å². The zero-order chi connectivity index (χ0) is 19.9. The lowest BCUT2D eigenvalue weighted by molar-refractivity contribution is -0.141. The molecule has 7 N–H and O–H groups in total. The van der Waals surface area contributed by atoms with Crippen molar-refractivity contribution in [1.29, 1.82) is 0 Å². The van der Waals surface area contributed by atoms with Gasteiger partial charge < -0.3 is 40.5 Å². The summed E-state index contributed by atoms with van der Waals surface area (Å²) in [4.78, 5) is 10.1. The molecular formula is C16H34O9. The zero-order valence-corrected chi connectivity index (χ0v) is 15.1. The summed E-state index contributed by atoms with van der Waals surface area (Å²) in [6.45, 7) is 0.708. The van der Waals surface area contributed by atoms with Crippen LogP contribution in [0, 0.1) is 16.7 Å². The van der Waals surface area contributed by atoms with Gasteiger partial charge in [-0.1, -0.05) is 20.3 Å². The highest BCUT2D eigenvalue weighted by Gasteiger charge is 2.32. The van der Waals surface area contributed by atoms with Crippen LogP contribution in [0.3, 0.4) is 0 Å². The number of carboxylic acid groups (broad SMARTS) is 1. The van der Waals surface area contributed by atoms with Crippen molar-refractivity contribution in [2.24, 2.45) is 16.7 Å². The smallest absolute Gasteiger partial charge is 0.306 e. The molecule has 0 rings (SSSR count). The standard InChI is InChI=1S/C10H22O7.C6H12O2/c11-1-9(2-12,3-13)7-17-8-10(4-14,5-15)6-16;1-3-4-5(2)6(7)8/h11-16H,1-8H2;5H,3-4H2,1-2H3,(H,7,8). The molecule has 152 valence electrons. The Labute approximate surface area is 148 Å². The summed E-state index contributed by atoms with van der Waals surface area (Å²) in [7, 11) is 0. The largest absolute Gasteiger partial charge is 0.481 e. The second-order valence-corrected chi connectivity index (χ2v) is 6.47. The molecule has 9 nitrogen and oxygen atoms in total. The van der Waals surface area contributed by atoms with Gasteiger partial charge in [0.2, 0.25) is 0 Å². The van der Waals surface area contributed by atoms with Gasteiger partial charge in [-0.05, 0) is 6.42 Å². The van der Waals surface area contributed by atoms with E-state index < -0.39 is 56.4 Å². The molecule has 0 aromatic heterocycles. The fourth-order valence-electron chi connectivity index (χ4n) is 1.61. The summed E-state index contributed by atoms with van der Waals surface area (Å²) in [6.07, 6.45) is 1.74. The summed E-state index contributed by atoms with van der Waals surface area (Å²) < 4.78 is 5.15. The van der Waals surface area contributed by atoms with Crippen LogP contribution < -0.4 is 0 Å². The molecule has 0 aromatic carbocycles. The topological polar surface area (TPSA) is 168 Å². The lowest BCUT2D eigenvalue weighted by Gasteiger charge is -2.31. The van der Waals surface area contributed by atoms with E-state index in [2.05, 4.69) is 0 Å². The van der Waals surface area contributed by atoms with Crippen LogP contribution in [0.1, 0.15) is 26.7 Å². The maximum Gasteiger partial charge on any atom is 0.306 e. The molecule has 0 spiro atoms. The van der Waals surface area contributed by atoms with Crippen molar-refractivity contribution in [2.45, 2.75) is 26.7 Å². The molecule has 1 unspecified atom stereocenters. The first-order chi connectivity index (χ1) is 11.8. The number of aliphatic hydroxyl groups is 6.